The maximum absolute atomic E-state index is 5.77. The third-order valence-electron chi connectivity index (χ3n) is 2.76. The van der Waals surface area contributed by atoms with Gasteiger partial charge >= 0.3 is 0 Å². The first-order valence-corrected chi connectivity index (χ1v) is 5.58. The van der Waals surface area contributed by atoms with E-state index in [2.05, 4.69) is 15.1 Å². The molecule has 0 aliphatic carbocycles. The van der Waals surface area contributed by atoms with Gasteiger partial charge in [-0.15, -0.1) is 0 Å². The number of nitrogens with two attached hydrogens (primary N) is 1. The normalized spacial score (nSPS) is 10.7. The first kappa shape index (κ1) is 10.6. The van der Waals surface area contributed by atoms with Crippen LogP contribution < -0.4 is 5.73 Å². The summed E-state index contributed by atoms with van der Waals surface area (Å²) >= 11 is 0. The smallest absolute Gasteiger partial charge is 0.258 e. The summed E-state index contributed by atoms with van der Waals surface area (Å²) < 4.78 is 5.27. The van der Waals surface area contributed by atoms with E-state index in [0.29, 0.717) is 17.4 Å². The Labute approximate surface area is 104 Å². The van der Waals surface area contributed by atoms with Crippen LogP contribution in [0.3, 0.4) is 0 Å². The van der Waals surface area contributed by atoms with Crippen molar-refractivity contribution < 1.29 is 4.52 Å². The van der Waals surface area contributed by atoms with Crippen LogP contribution in [0.15, 0.2) is 41.1 Å². The second-order valence-corrected chi connectivity index (χ2v) is 4.08. The highest BCUT2D eigenvalue weighted by Gasteiger charge is 2.13. The number of rotatable bonds is 2. The third kappa shape index (κ3) is 1.75. The van der Waals surface area contributed by atoms with E-state index in [4.69, 9.17) is 10.3 Å². The fraction of sp³-hybridized carbons (Fsp3) is 0.0769. The van der Waals surface area contributed by atoms with E-state index in [-0.39, 0.29) is 0 Å². The summed E-state index contributed by atoms with van der Waals surface area (Å²) in [6.07, 6.45) is 1.82. The molecule has 0 radical (unpaired) electrons. The molecule has 0 aliphatic heterocycles. The van der Waals surface area contributed by atoms with E-state index in [1.165, 1.54) is 0 Å². The van der Waals surface area contributed by atoms with Crippen LogP contribution in [0.1, 0.15) is 5.56 Å². The molecule has 90 valence electrons. The molecule has 0 amide bonds. The van der Waals surface area contributed by atoms with Gasteiger partial charge < -0.3 is 15.2 Å². The summed E-state index contributed by atoms with van der Waals surface area (Å²) in [5.74, 6) is 1.02. The number of hydrogen-bond donors (Lipinski definition) is 2. The van der Waals surface area contributed by atoms with Crippen molar-refractivity contribution in [1.29, 1.82) is 0 Å². The standard InChI is InChI=1S/C13H12N4O/c1-8-4-5-9(14)7-10(8)13-16-12(17-18-13)11-3-2-6-15-11/h2-7,15H,14H2,1H3. The Bertz CT molecular complexity index is 670. The first-order valence-electron chi connectivity index (χ1n) is 5.58. The van der Waals surface area contributed by atoms with Crippen molar-refractivity contribution in [2.75, 3.05) is 5.73 Å². The second kappa shape index (κ2) is 4.03. The second-order valence-electron chi connectivity index (χ2n) is 4.08. The zero-order valence-electron chi connectivity index (χ0n) is 9.84. The molecule has 2 aromatic heterocycles. The molecule has 0 atom stereocenters. The van der Waals surface area contributed by atoms with Gasteiger partial charge in [0.15, 0.2) is 0 Å². The van der Waals surface area contributed by atoms with Crippen LogP contribution in [-0.4, -0.2) is 15.1 Å². The summed E-state index contributed by atoms with van der Waals surface area (Å²) in [6, 6.07) is 9.39. The number of aromatic nitrogens is 3. The van der Waals surface area contributed by atoms with Crippen molar-refractivity contribution in [3.8, 4) is 23.0 Å². The molecule has 3 rings (SSSR count). The van der Waals surface area contributed by atoms with Gasteiger partial charge in [0.05, 0.1) is 5.69 Å². The highest BCUT2D eigenvalue weighted by molar-refractivity contribution is 5.65. The van der Waals surface area contributed by atoms with Gasteiger partial charge in [-0.3, -0.25) is 0 Å². The van der Waals surface area contributed by atoms with Gasteiger partial charge in [-0.25, -0.2) is 0 Å². The lowest BCUT2D eigenvalue weighted by Gasteiger charge is -2.01. The average molecular weight is 240 g/mol. The molecule has 5 nitrogen and oxygen atoms in total. The zero-order valence-corrected chi connectivity index (χ0v) is 9.84. The van der Waals surface area contributed by atoms with E-state index in [9.17, 15) is 0 Å². The van der Waals surface area contributed by atoms with Crippen LogP contribution in [0.5, 0.6) is 0 Å². The van der Waals surface area contributed by atoms with Gasteiger partial charge in [-0.2, -0.15) is 4.98 Å². The molecule has 0 spiro atoms. The van der Waals surface area contributed by atoms with Crippen LogP contribution in [0.2, 0.25) is 0 Å². The Kier molecular flexibility index (Phi) is 2.37. The van der Waals surface area contributed by atoms with Gasteiger partial charge in [0.2, 0.25) is 5.82 Å². The number of aryl methyl sites for hydroxylation is 1. The number of nitrogens with zero attached hydrogens (tertiary/aromatic N) is 2. The first-order chi connectivity index (χ1) is 8.74. The monoisotopic (exact) mass is 240 g/mol. The number of nitrogens with one attached hydrogen (secondary N) is 1. The molecular formula is C13H12N4O. The molecule has 0 aliphatic rings. The maximum Gasteiger partial charge on any atom is 0.258 e. The molecule has 5 heteroatoms. The van der Waals surface area contributed by atoms with Crippen molar-refractivity contribution in [2.45, 2.75) is 6.92 Å². The van der Waals surface area contributed by atoms with E-state index >= 15 is 0 Å². The lowest BCUT2D eigenvalue weighted by molar-refractivity contribution is 0.432. The van der Waals surface area contributed by atoms with E-state index in [1.807, 2.05) is 43.5 Å². The Morgan fingerprint density at radius 3 is 2.94 bits per heavy atom. The number of nitrogen functional groups attached to an aromatic ring is 1. The average Bonchev–Trinajstić information content (AvgIpc) is 3.00. The van der Waals surface area contributed by atoms with Crippen molar-refractivity contribution in [3.63, 3.8) is 0 Å². The third-order valence-corrected chi connectivity index (χ3v) is 2.76. The van der Waals surface area contributed by atoms with E-state index in [1.54, 1.807) is 0 Å². The topological polar surface area (TPSA) is 80.7 Å². The van der Waals surface area contributed by atoms with Crippen LogP contribution in [0.4, 0.5) is 5.69 Å². The predicted molar refractivity (Wildman–Crippen MR) is 68.7 cm³/mol. The van der Waals surface area contributed by atoms with Gasteiger partial charge in [-0.05, 0) is 36.8 Å². The van der Waals surface area contributed by atoms with E-state index in [0.717, 1.165) is 16.8 Å². The summed E-state index contributed by atoms with van der Waals surface area (Å²) in [5.41, 5.74) is 9.18. The molecule has 3 aromatic rings. The number of H-pyrrole nitrogens is 1. The minimum Gasteiger partial charge on any atom is -0.399 e. The van der Waals surface area contributed by atoms with Crippen LogP contribution in [-0.2, 0) is 0 Å². The van der Waals surface area contributed by atoms with Gasteiger partial charge in [0.1, 0.15) is 0 Å². The summed E-state index contributed by atoms with van der Waals surface area (Å²) in [7, 11) is 0. The van der Waals surface area contributed by atoms with Crippen LogP contribution in [0.25, 0.3) is 23.0 Å². The summed E-state index contributed by atoms with van der Waals surface area (Å²) in [6.45, 7) is 1.98. The molecule has 1 aromatic carbocycles. The van der Waals surface area contributed by atoms with Crippen molar-refractivity contribution in [3.05, 3.63) is 42.1 Å². The molecular weight excluding hydrogens is 228 g/mol. The largest absolute Gasteiger partial charge is 0.399 e. The highest BCUT2D eigenvalue weighted by Crippen LogP contribution is 2.25. The van der Waals surface area contributed by atoms with Gasteiger partial charge in [0.25, 0.3) is 5.89 Å². The minimum absolute atomic E-state index is 0.476. The Balaban J connectivity index is 2.05. The van der Waals surface area contributed by atoms with Crippen LogP contribution in [0, 0.1) is 6.92 Å². The van der Waals surface area contributed by atoms with Crippen molar-refractivity contribution in [1.82, 2.24) is 15.1 Å². The molecule has 18 heavy (non-hydrogen) atoms. The lowest BCUT2D eigenvalue weighted by atomic mass is 10.1. The number of hydrogen-bond acceptors (Lipinski definition) is 4. The number of anilines is 1. The molecule has 0 unspecified atom stereocenters. The quantitative estimate of drug-likeness (QED) is 0.675. The maximum atomic E-state index is 5.77. The SMILES string of the molecule is Cc1ccc(N)cc1-c1nc(-c2ccc[nH]2)no1. The number of aromatic amines is 1. The zero-order chi connectivity index (χ0) is 12.5. The molecule has 3 N–H and O–H groups in total. The van der Waals surface area contributed by atoms with Gasteiger partial charge in [0, 0.05) is 17.4 Å². The Morgan fingerprint density at radius 2 is 2.17 bits per heavy atom. The molecule has 2 heterocycles. The van der Waals surface area contributed by atoms with Crippen LogP contribution >= 0.6 is 0 Å². The van der Waals surface area contributed by atoms with Gasteiger partial charge in [-0.1, -0.05) is 11.2 Å². The van der Waals surface area contributed by atoms with E-state index < -0.39 is 0 Å². The lowest BCUT2D eigenvalue weighted by Crippen LogP contribution is -1.89. The molecule has 0 saturated carbocycles. The summed E-state index contributed by atoms with van der Waals surface area (Å²) in [5, 5.41) is 3.95. The molecule has 0 fully saturated rings. The molecule has 0 bridgehead atoms. The number of benzene rings is 1. The highest BCUT2D eigenvalue weighted by atomic mass is 16.5. The Hall–Kier alpha value is -2.56. The Morgan fingerprint density at radius 1 is 1.28 bits per heavy atom. The van der Waals surface area contributed by atoms with Crippen molar-refractivity contribution >= 4 is 5.69 Å². The fourth-order valence-corrected chi connectivity index (χ4v) is 1.78. The molecule has 0 saturated heterocycles. The summed E-state index contributed by atoms with van der Waals surface area (Å²) in [4.78, 5) is 7.39. The predicted octanol–water partition coefficient (Wildman–Crippen LogP) is 2.62. The fourth-order valence-electron chi connectivity index (χ4n) is 1.78. The van der Waals surface area contributed by atoms with Crippen molar-refractivity contribution in [2.24, 2.45) is 0 Å². The minimum atomic E-state index is 0.476.